The van der Waals surface area contributed by atoms with Gasteiger partial charge in [0.05, 0.1) is 5.70 Å². The molecule has 0 aliphatic carbocycles. The summed E-state index contributed by atoms with van der Waals surface area (Å²) >= 11 is 0. The summed E-state index contributed by atoms with van der Waals surface area (Å²) in [6.45, 7) is 0. The molecule has 1 aliphatic heterocycles. The average molecular weight is 718 g/mol. The van der Waals surface area contributed by atoms with Gasteiger partial charge in [-0.1, -0.05) is 176 Å². The molecule has 0 bridgehead atoms. The molecule has 1 heterocycles. The lowest BCUT2D eigenvalue weighted by Gasteiger charge is -2.28. The third kappa shape index (κ3) is 6.86. The lowest BCUT2D eigenvalue weighted by atomic mass is 9.87. The van der Waals surface area contributed by atoms with Crippen LogP contribution in [0.1, 0.15) is 22.3 Å². The van der Waals surface area contributed by atoms with Crippen LogP contribution in [0.5, 0.6) is 0 Å². The number of anilines is 3. The Balaban J connectivity index is 1.14. The molecule has 266 valence electrons. The van der Waals surface area contributed by atoms with E-state index in [0.717, 1.165) is 67.4 Å². The lowest BCUT2D eigenvalue weighted by Crippen LogP contribution is -2.19. The van der Waals surface area contributed by atoms with Crippen molar-refractivity contribution in [2.75, 3.05) is 4.90 Å². The molecule has 1 aliphatic rings. The van der Waals surface area contributed by atoms with Gasteiger partial charge in [0, 0.05) is 40.1 Å². The van der Waals surface area contributed by atoms with E-state index in [0.29, 0.717) is 0 Å². The fourth-order valence-corrected chi connectivity index (χ4v) is 7.60. The van der Waals surface area contributed by atoms with Crippen LogP contribution in [0, 0.1) is 5.41 Å². The molecule has 0 atom stereocenters. The van der Waals surface area contributed by atoms with E-state index in [1.54, 1.807) is 0 Å². The predicted octanol–water partition coefficient (Wildman–Crippen LogP) is 13.8. The van der Waals surface area contributed by atoms with Crippen LogP contribution >= 0.6 is 0 Å². The summed E-state index contributed by atoms with van der Waals surface area (Å²) in [7, 11) is 0. The molecule has 3 nitrogen and oxygen atoms in total. The van der Waals surface area contributed by atoms with Crippen molar-refractivity contribution in [2.45, 2.75) is 0 Å². The number of fused-ring (bicyclic) bond motifs is 1. The number of benzene rings is 8. The highest BCUT2D eigenvalue weighted by atomic mass is 15.1. The van der Waals surface area contributed by atoms with E-state index in [2.05, 4.69) is 204 Å². The number of hydrogen-bond donors (Lipinski definition) is 2. The SMILES string of the molecule is N=C/C(=C1\NC(c2ccccc2)=Cc2cccc(-c3ccc(N(c4ccc(-c5ccccc5)cc4)c4ccc(-c5ccccc5)cc4)cc3)c21)c1ccccc1. The zero-order valence-corrected chi connectivity index (χ0v) is 30.8. The zero-order valence-electron chi connectivity index (χ0n) is 30.8. The molecule has 0 amide bonds. The van der Waals surface area contributed by atoms with E-state index < -0.39 is 0 Å². The molecule has 9 rings (SSSR count). The summed E-state index contributed by atoms with van der Waals surface area (Å²) in [4.78, 5) is 2.32. The largest absolute Gasteiger partial charge is 0.354 e. The third-order valence-corrected chi connectivity index (χ3v) is 10.4. The highest BCUT2D eigenvalue weighted by Gasteiger charge is 2.24. The van der Waals surface area contributed by atoms with Crippen LogP contribution < -0.4 is 10.2 Å². The van der Waals surface area contributed by atoms with Gasteiger partial charge in [0.2, 0.25) is 0 Å². The van der Waals surface area contributed by atoms with Crippen molar-refractivity contribution in [1.29, 1.82) is 5.41 Å². The Morgan fingerprint density at radius 2 is 0.839 bits per heavy atom. The van der Waals surface area contributed by atoms with Gasteiger partial charge >= 0.3 is 0 Å². The first-order valence-electron chi connectivity index (χ1n) is 18.9. The summed E-state index contributed by atoms with van der Waals surface area (Å²) in [5.74, 6) is 0. The van der Waals surface area contributed by atoms with Gasteiger partial charge in [0.25, 0.3) is 0 Å². The number of hydrogen-bond acceptors (Lipinski definition) is 3. The van der Waals surface area contributed by atoms with Gasteiger partial charge in [0.15, 0.2) is 0 Å². The van der Waals surface area contributed by atoms with Gasteiger partial charge < -0.3 is 15.6 Å². The Hall–Kier alpha value is -7.49. The third-order valence-electron chi connectivity index (χ3n) is 10.4. The fraction of sp³-hybridized carbons (Fsp3) is 0. The smallest absolute Gasteiger partial charge is 0.0565 e. The molecule has 8 aromatic carbocycles. The van der Waals surface area contributed by atoms with E-state index >= 15 is 0 Å². The molecule has 0 aromatic heterocycles. The fourth-order valence-electron chi connectivity index (χ4n) is 7.60. The van der Waals surface area contributed by atoms with Crippen molar-refractivity contribution in [1.82, 2.24) is 5.32 Å². The molecule has 0 spiro atoms. The topological polar surface area (TPSA) is 39.1 Å². The van der Waals surface area contributed by atoms with Crippen molar-refractivity contribution in [3.63, 3.8) is 0 Å². The molecule has 0 unspecified atom stereocenters. The molecule has 8 aromatic rings. The van der Waals surface area contributed by atoms with Gasteiger partial charge in [0.1, 0.15) is 0 Å². The minimum absolute atomic E-state index is 0.835. The van der Waals surface area contributed by atoms with E-state index in [9.17, 15) is 0 Å². The maximum atomic E-state index is 8.64. The summed E-state index contributed by atoms with van der Waals surface area (Å²) < 4.78 is 0. The van der Waals surface area contributed by atoms with Crippen molar-refractivity contribution in [2.24, 2.45) is 0 Å². The van der Waals surface area contributed by atoms with E-state index in [4.69, 9.17) is 5.41 Å². The van der Waals surface area contributed by atoms with Crippen molar-refractivity contribution < 1.29 is 0 Å². The molecule has 0 fully saturated rings. The minimum Gasteiger partial charge on any atom is -0.354 e. The van der Waals surface area contributed by atoms with Crippen LogP contribution in [0.25, 0.3) is 56.4 Å². The first-order chi connectivity index (χ1) is 27.7. The molecule has 0 radical (unpaired) electrons. The van der Waals surface area contributed by atoms with Crippen molar-refractivity contribution >= 4 is 46.3 Å². The summed E-state index contributed by atoms with van der Waals surface area (Å²) in [5, 5.41) is 12.4. The van der Waals surface area contributed by atoms with Crippen LogP contribution in [0.15, 0.2) is 212 Å². The second-order valence-corrected chi connectivity index (χ2v) is 13.8. The van der Waals surface area contributed by atoms with Crippen LogP contribution in [-0.2, 0) is 0 Å². The van der Waals surface area contributed by atoms with Crippen molar-refractivity contribution in [3.05, 3.63) is 235 Å². The highest BCUT2D eigenvalue weighted by Crippen LogP contribution is 2.42. The molecule has 0 saturated heterocycles. The molecular formula is C53H39N3. The van der Waals surface area contributed by atoms with Gasteiger partial charge in [-0.3, -0.25) is 0 Å². The van der Waals surface area contributed by atoms with Crippen LogP contribution in [-0.4, -0.2) is 6.21 Å². The van der Waals surface area contributed by atoms with Crippen LogP contribution in [0.4, 0.5) is 17.1 Å². The van der Waals surface area contributed by atoms with Gasteiger partial charge in [-0.25, -0.2) is 0 Å². The molecular weight excluding hydrogens is 679 g/mol. The second kappa shape index (κ2) is 15.5. The van der Waals surface area contributed by atoms with E-state index in [1.165, 1.54) is 28.5 Å². The maximum Gasteiger partial charge on any atom is 0.0565 e. The van der Waals surface area contributed by atoms with Gasteiger partial charge in [-0.2, -0.15) is 0 Å². The first-order valence-corrected chi connectivity index (χ1v) is 18.9. The van der Waals surface area contributed by atoms with Gasteiger partial charge in [-0.15, -0.1) is 0 Å². The zero-order chi connectivity index (χ0) is 37.7. The number of nitrogens with zero attached hydrogens (tertiary/aromatic N) is 1. The van der Waals surface area contributed by atoms with Crippen LogP contribution in [0.3, 0.4) is 0 Å². The molecule has 0 saturated carbocycles. The second-order valence-electron chi connectivity index (χ2n) is 13.8. The minimum atomic E-state index is 0.835. The Labute approximate surface area is 328 Å². The summed E-state index contributed by atoms with van der Waals surface area (Å²) in [6.07, 6.45) is 3.69. The Bertz CT molecular complexity index is 2580. The van der Waals surface area contributed by atoms with Crippen molar-refractivity contribution in [3.8, 4) is 33.4 Å². The van der Waals surface area contributed by atoms with E-state index in [1.807, 2.05) is 24.3 Å². The summed E-state index contributed by atoms with van der Waals surface area (Å²) in [5.41, 5.74) is 17.2. The Morgan fingerprint density at radius 3 is 1.32 bits per heavy atom. The van der Waals surface area contributed by atoms with Gasteiger partial charge in [-0.05, 0) is 92.5 Å². The standard InChI is InChI=1S/C53H39N3/c54-37-50(42-18-9-3-10-19-42)53-52-45(36-51(55-53)44-20-11-4-12-21-44)22-13-23-49(52)43-28-34-48(35-29-43)56(46-30-24-40(25-31-46)38-14-5-1-6-15-38)47-32-26-41(27-33-47)39-16-7-2-8-17-39/h1-37,54-55H/b53-50+,54-37?. The Kier molecular flexibility index (Phi) is 9.47. The molecule has 2 N–H and O–H groups in total. The van der Waals surface area contributed by atoms with E-state index in [-0.39, 0.29) is 0 Å². The maximum absolute atomic E-state index is 8.64. The summed E-state index contributed by atoms with van der Waals surface area (Å²) in [6, 6.07) is 74.6. The number of allylic oxidation sites excluding steroid dienone is 1. The normalized spacial score (nSPS) is 12.8. The highest BCUT2D eigenvalue weighted by molar-refractivity contribution is 6.21. The van der Waals surface area contributed by atoms with Crippen LogP contribution in [0.2, 0.25) is 0 Å². The Morgan fingerprint density at radius 1 is 0.411 bits per heavy atom. The number of rotatable bonds is 9. The quantitative estimate of drug-likeness (QED) is 0.146. The monoisotopic (exact) mass is 717 g/mol. The predicted molar refractivity (Wildman–Crippen MR) is 237 cm³/mol. The molecule has 56 heavy (non-hydrogen) atoms. The average Bonchev–Trinajstić information content (AvgIpc) is 3.28. The molecule has 3 heteroatoms. The number of nitrogens with one attached hydrogen (secondary N) is 2. The first kappa shape index (κ1) is 34.3. The lowest BCUT2D eigenvalue weighted by molar-refractivity contribution is 1.22.